The monoisotopic (exact) mass is 263 g/mol. The Morgan fingerprint density at radius 2 is 2.00 bits per heavy atom. The third kappa shape index (κ3) is 2.93. The average Bonchev–Trinajstić information content (AvgIpc) is 2.78. The van der Waals surface area contributed by atoms with Crippen molar-refractivity contribution in [3.05, 3.63) is 52.9 Å². The van der Waals surface area contributed by atoms with Crippen LogP contribution in [-0.2, 0) is 6.42 Å². The molecule has 94 valence electrons. The predicted octanol–water partition coefficient (Wildman–Crippen LogP) is 4.14. The van der Waals surface area contributed by atoms with Crippen LogP contribution in [0.3, 0.4) is 0 Å². The quantitative estimate of drug-likeness (QED) is 0.901. The van der Waals surface area contributed by atoms with Gasteiger partial charge in [-0.2, -0.15) is 0 Å². The van der Waals surface area contributed by atoms with Crippen LogP contribution in [0.2, 0.25) is 5.22 Å². The van der Waals surface area contributed by atoms with E-state index in [0.29, 0.717) is 5.56 Å². The highest BCUT2D eigenvalue weighted by Crippen LogP contribution is 2.19. The molecule has 1 N–H and O–H groups in total. The number of benzene rings is 1. The number of amides is 1. The first-order valence-electron chi connectivity index (χ1n) is 5.84. The van der Waals surface area contributed by atoms with Crippen LogP contribution in [0, 0.1) is 0 Å². The molecular formula is C14H14ClNO2. The Bertz CT molecular complexity index is 531. The molecule has 18 heavy (non-hydrogen) atoms. The molecule has 0 unspecified atom stereocenters. The molecule has 2 rings (SSSR count). The lowest BCUT2D eigenvalue weighted by Gasteiger charge is -2.05. The molecule has 3 nitrogen and oxygen atoms in total. The molecule has 1 amide bonds. The fourth-order valence-corrected chi connectivity index (χ4v) is 1.90. The summed E-state index contributed by atoms with van der Waals surface area (Å²) < 4.78 is 4.88. The number of carbonyl (C=O) groups is 1. The molecule has 0 radical (unpaired) electrons. The molecule has 1 aromatic carbocycles. The Hall–Kier alpha value is -1.74. The maximum absolute atomic E-state index is 11.9. The van der Waals surface area contributed by atoms with E-state index in [1.807, 2.05) is 24.3 Å². The number of halogens is 1. The van der Waals surface area contributed by atoms with Crippen molar-refractivity contribution in [3.63, 3.8) is 0 Å². The SMILES string of the molecule is CCCc1ccc(NC(=O)c2ccoc2Cl)cc1. The number of hydrogen-bond acceptors (Lipinski definition) is 2. The topological polar surface area (TPSA) is 42.2 Å². The molecule has 0 aliphatic rings. The summed E-state index contributed by atoms with van der Waals surface area (Å²) in [7, 11) is 0. The van der Waals surface area contributed by atoms with Crippen LogP contribution in [0.25, 0.3) is 0 Å². The maximum atomic E-state index is 11.9. The van der Waals surface area contributed by atoms with Gasteiger partial charge in [-0.15, -0.1) is 0 Å². The Labute approximate surface area is 111 Å². The van der Waals surface area contributed by atoms with Crippen molar-refractivity contribution in [2.24, 2.45) is 0 Å². The molecule has 1 aromatic heterocycles. The van der Waals surface area contributed by atoms with Crippen molar-refractivity contribution in [3.8, 4) is 0 Å². The van der Waals surface area contributed by atoms with Gasteiger partial charge in [-0.1, -0.05) is 25.5 Å². The molecule has 4 heteroatoms. The van der Waals surface area contributed by atoms with Crippen molar-refractivity contribution < 1.29 is 9.21 Å². The minimum Gasteiger partial charge on any atom is -0.452 e. The average molecular weight is 264 g/mol. The van der Waals surface area contributed by atoms with E-state index in [1.165, 1.54) is 11.8 Å². The van der Waals surface area contributed by atoms with Crippen LogP contribution >= 0.6 is 11.6 Å². The van der Waals surface area contributed by atoms with Gasteiger partial charge >= 0.3 is 0 Å². The highest BCUT2D eigenvalue weighted by molar-refractivity contribution is 6.32. The molecule has 0 saturated carbocycles. The van der Waals surface area contributed by atoms with Gasteiger partial charge in [0.1, 0.15) is 0 Å². The summed E-state index contributed by atoms with van der Waals surface area (Å²) in [5.74, 6) is -0.267. The minimum absolute atomic E-state index is 0.107. The van der Waals surface area contributed by atoms with E-state index >= 15 is 0 Å². The lowest BCUT2D eigenvalue weighted by atomic mass is 10.1. The number of rotatable bonds is 4. The van der Waals surface area contributed by atoms with E-state index in [-0.39, 0.29) is 11.1 Å². The smallest absolute Gasteiger partial charge is 0.260 e. The molecule has 2 aromatic rings. The lowest BCUT2D eigenvalue weighted by molar-refractivity contribution is 0.102. The highest BCUT2D eigenvalue weighted by Gasteiger charge is 2.12. The van der Waals surface area contributed by atoms with Crippen molar-refractivity contribution >= 4 is 23.2 Å². The molecule has 0 saturated heterocycles. The van der Waals surface area contributed by atoms with Gasteiger partial charge in [0.25, 0.3) is 5.91 Å². The molecular weight excluding hydrogens is 250 g/mol. The largest absolute Gasteiger partial charge is 0.452 e. The first-order valence-corrected chi connectivity index (χ1v) is 6.21. The van der Waals surface area contributed by atoms with Crippen molar-refractivity contribution in [2.75, 3.05) is 5.32 Å². The highest BCUT2D eigenvalue weighted by atomic mass is 35.5. The summed E-state index contributed by atoms with van der Waals surface area (Å²) in [5.41, 5.74) is 2.35. The predicted molar refractivity (Wildman–Crippen MR) is 72.1 cm³/mol. The Morgan fingerprint density at radius 1 is 1.28 bits per heavy atom. The normalized spacial score (nSPS) is 10.3. The van der Waals surface area contributed by atoms with Crippen LogP contribution in [0.15, 0.2) is 41.0 Å². The molecule has 0 aliphatic carbocycles. The van der Waals surface area contributed by atoms with E-state index < -0.39 is 0 Å². The molecule has 0 aliphatic heterocycles. The van der Waals surface area contributed by atoms with Crippen LogP contribution in [-0.4, -0.2) is 5.91 Å². The molecule has 0 bridgehead atoms. The summed E-state index contributed by atoms with van der Waals surface area (Å²) in [6.45, 7) is 2.14. The Morgan fingerprint density at radius 3 is 2.56 bits per heavy atom. The first-order chi connectivity index (χ1) is 8.70. The van der Waals surface area contributed by atoms with Gasteiger partial charge in [0, 0.05) is 5.69 Å². The summed E-state index contributed by atoms with van der Waals surface area (Å²) >= 11 is 5.74. The lowest BCUT2D eigenvalue weighted by Crippen LogP contribution is -2.11. The molecule has 1 heterocycles. The van der Waals surface area contributed by atoms with E-state index in [2.05, 4.69) is 12.2 Å². The summed E-state index contributed by atoms with van der Waals surface area (Å²) in [6.07, 6.45) is 3.54. The zero-order valence-corrected chi connectivity index (χ0v) is 10.8. The standard InChI is InChI=1S/C14H14ClNO2/c1-2-3-10-4-6-11(7-5-10)16-14(17)12-8-9-18-13(12)15/h4-9H,2-3H2,1H3,(H,16,17). The Kier molecular flexibility index (Phi) is 4.05. The van der Waals surface area contributed by atoms with Crippen LogP contribution < -0.4 is 5.32 Å². The van der Waals surface area contributed by atoms with Gasteiger partial charge in [0.15, 0.2) is 0 Å². The number of anilines is 1. The van der Waals surface area contributed by atoms with Crippen LogP contribution in [0.4, 0.5) is 5.69 Å². The third-order valence-corrected chi connectivity index (χ3v) is 2.91. The number of aryl methyl sites for hydroxylation is 1. The number of carbonyl (C=O) groups excluding carboxylic acids is 1. The molecule has 0 atom stereocenters. The summed E-state index contributed by atoms with van der Waals surface area (Å²) in [5, 5.41) is 2.88. The second kappa shape index (κ2) is 5.74. The van der Waals surface area contributed by atoms with Crippen LogP contribution in [0.5, 0.6) is 0 Å². The molecule has 0 spiro atoms. The van der Waals surface area contributed by atoms with Crippen molar-refractivity contribution in [1.29, 1.82) is 0 Å². The van der Waals surface area contributed by atoms with Crippen molar-refractivity contribution in [1.82, 2.24) is 0 Å². The number of furan rings is 1. The fraction of sp³-hybridized carbons (Fsp3) is 0.214. The van der Waals surface area contributed by atoms with E-state index in [9.17, 15) is 4.79 Å². The summed E-state index contributed by atoms with van der Waals surface area (Å²) in [4.78, 5) is 11.9. The zero-order chi connectivity index (χ0) is 13.0. The maximum Gasteiger partial charge on any atom is 0.260 e. The minimum atomic E-state index is -0.267. The zero-order valence-electron chi connectivity index (χ0n) is 10.1. The van der Waals surface area contributed by atoms with Gasteiger partial charge in [0.2, 0.25) is 5.22 Å². The third-order valence-electron chi connectivity index (χ3n) is 2.61. The first kappa shape index (κ1) is 12.7. The van der Waals surface area contributed by atoms with Gasteiger partial charge in [0.05, 0.1) is 11.8 Å². The van der Waals surface area contributed by atoms with E-state index in [0.717, 1.165) is 18.5 Å². The summed E-state index contributed by atoms with van der Waals surface area (Å²) in [6, 6.07) is 9.34. The second-order valence-electron chi connectivity index (χ2n) is 4.01. The second-order valence-corrected chi connectivity index (χ2v) is 4.35. The van der Waals surface area contributed by atoms with Crippen LogP contribution in [0.1, 0.15) is 29.3 Å². The van der Waals surface area contributed by atoms with Gasteiger partial charge in [-0.05, 0) is 41.8 Å². The fourth-order valence-electron chi connectivity index (χ4n) is 1.70. The van der Waals surface area contributed by atoms with Crippen molar-refractivity contribution in [2.45, 2.75) is 19.8 Å². The van der Waals surface area contributed by atoms with Gasteiger partial charge < -0.3 is 9.73 Å². The number of hydrogen-bond donors (Lipinski definition) is 1. The van der Waals surface area contributed by atoms with Gasteiger partial charge in [-0.25, -0.2) is 0 Å². The van der Waals surface area contributed by atoms with Gasteiger partial charge in [-0.3, -0.25) is 4.79 Å². The molecule has 0 fully saturated rings. The number of nitrogens with one attached hydrogen (secondary N) is 1. The van der Waals surface area contributed by atoms with E-state index in [1.54, 1.807) is 6.07 Å². The van der Waals surface area contributed by atoms with E-state index in [4.69, 9.17) is 16.0 Å². The Balaban J connectivity index is 2.05.